The average Bonchev–Trinajstić information content (AvgIpc) is 2.26. The molecule has 0 saturated heterocycles. The van der Waals surface area contributed by atoms with Gasteiger partial charge in [-0.15, -0.1) is 0 Å². The van der Waals surface area contributed by atoms with Crippen molar-refractivity contribution in [2.45, 2.75) is 13.3 Å². The van der Waals surface area contributed by atoms with Crippen LogP contribution >= 0.6 is 0 Å². The van der Waals surface area contributed by atoms with E-state index in [1.807, 2.05) is 0 Å². The molecule has 1 aromatic rings. The van der Waals surface area contributed by atoms with Gasteiger partial charge in [-0.3, -0.25) is 10.1 Å². The summed E-state index contributed by atoms with van der Waals surface area (Å²) in [6.07, 6.45) is 1.76. The largest absolute Gasteiger partial charge is 0.478 e. The SMILES string of the molecule is CCC(=Cc1ccc(C(=O)O)cc1)[N+](=O)[O-]. The van der Waals surface area contributed by atoms with Crippen molar-refractivity contribution in [2.75, 3.05) is 0 Å². The minimum absolute atomic E-state index is 0.100. The highest BCUT2D eigenvalue weighted by Crippen LogP contribution is 2.11. The summed E-state index contributed by atoms with van der Waals surface area (Å²) in [7, 11) is 0. The zero-order valence-corrected chi connectivity index (χ0v) is 8.71. The van der Waals surface area contributed by atoms with Crippen LogP contribution < -0.4 is 0 Å². The predicted molar refractivity (Wildman–Crippen MR) is 58.7 cm³/mol. The molecule has 0 aromatic heterocycles. The Hall–Kier alpha value is -2.17. The van der Waals surface area contributed by atoms with Crippen LogP contribution in [0.1, 0.15) is 29.3 Å². The highest BCUT2D eigenvalue weighted by molar-refractivity contribution is 5.87. The average molecular weight is 221 g/mol. The summed E-state index contributed by atoms with van der Waals surface area (Å²) >= 11 is 0. The first-order valence-electron chi connectivity index (χ1n) is 4.73. The van der Waals surface area contributed by atoms with E-state index >= 15 is 0 Å². The Morgan fingerprint density at radius 1 is 1.44 bits per heavy atom. The van der Waals surface area contributed by atoms with Crippen molar-refractivity contribution >= 4 is 12.0 Å². The van der Waals surface area contributed by atoms with Crippen LogP contribution in [0.4, 0.5) is 0 Å². The number of benzene rings is 1. The van der Waals surface area contributed by atoms with Gasteiger partial charge in [0.15, 0.2) is 0 Å². The lowest BCUT2D eigenvalue weighted by Gasteiger charge is -1.97. The minimum Gasteiger partial charge on any atom is -0.478 e. The quantitative estimate of drug-likeness (QED) is 0.625. The van der Waals surface area contributed by atoms with E-state index in [0.29, 0.717) is 12.0 Å². The number of rotatable bonds is 4. The fourth-order valence-electron chi connectivity index (χ4n) is 1.20. The summed E-state index contributed by atoms with van der Waals surface area (Å²) < 4.78 is 0. The number of nitro groups is 1. The molecule has 1 N–H and O–H groups in total. The second kappa shape index (κ2) is 5.06. The zero-order valence-electron chi connectivity index (χ0n) is 8.71. The molecule has 0 bridgehead atoms. The topological polar surface area (TPSA) is 80.4 Å². The van der Waals surface area contributed by atoms with E-state index in [1.165, 1.54) is 18.2 Å². The number of nitrogens with zero attached hydrogens (tertiary/aromatic N) is 1. The van der Waals surface area contributed by atoms with E-state index in [4.69, 9.17) is 5.11 Å². The Morgan fingerprint density at radius 2 is 2.00 bits per heavy atom. The number of carboxylic acid groups (broad SMARTS) is 1. The third kappa shape index (κ3) is 2.91. The smallest absolute Gasteiger partial charge is 0.335 e. The van der Waals surface area contributed by atoms with Gasteiger partial charge in [-0.05, 0) is 17.7 Å². The van der Waals surface area contributed by atoms with Gasteiger partial charge < -0.3 is 5.11 Å². The van der Waals surface area contributed by atoms with Crippen molar-refractivity contribution in [1.82, 2.24) is 0 Å². The lowest BCUT2D eigenvalue weighted by atomic mass is 10.1. The van der Waals surface area contributed by atoms with Crippen molar-refractivity contribution in [3.8, 4) is 0 Å². The van der Waals surface area contributed by atoms with E-state index in [2.05, 4.69) is 0 Å². The molecule has 0 amide bonds. The monoisotopic (exact) mass is 221 g/mol. The van der Waals surface area contributed by atoms with Crippen LogP contribution in [-0.2, 0) is 0 Å². The summed E-state index contributed by atoms with van der Waals surface area (Å²) in [5.41, 5.74) is 0.887. The molecule has 0 aliphatic carbocycles. The fraction of sp³-hybridized carbons (Fsp3) is 0.182. The summed E-state index contributed by atoms with van der Waals surface area (Å²) in [6.45, 7) is 1.69. The molecule has 0 atom stereocenters. The van der Waals surface area contributed by atoms with Crippen LogP contribution in [0, 0.1) is 10.1 Å². The fourth-order valence-corrected chi connectivity index (χ4v) is 1.20. The van der Waals surface area contributed by atoms with Gasteiger partial charge in [0.1, 0.15) is 0 Å². The van der Waals surface area contributed by atoms with Crippen molar-refractivity contribution in [3.05, 3.63) is 51.2 Å². The summed E-state index contributed by atoms with van der Waals surface area (Å²) in [5.74, 6) is -1.01. The summed E-state index contributed by atoms with van der Waals surface area (Å²) in [5, 5.41) is 19.2. The van der Waals surface area contributed by atoms with Gasteiger partial charge in [0.2, 0.25) is 5.70 Å². The first-order chi connectivity index (χ1) is 7.54. The van der Waals surface area contributed by atoms with Gasteiger partial charge in [0, 0.05) is 12.5 Å². The van der Waals surface area contributed by atoms with E-state index in [9.17, 15) is 14.9 Å². The van der Waals surface area contributed by atoms with Crippen LogP contribution in [0.5, 0.6) is 0 Å². The normalized spacial score (nSPS) is 11.2. The molecule has 84 valence electrons. The van der Waals surface area contributed by atoms with Gasteiger partial charge in [-0.25, -0.2) is 4.79 Å². The second-order valence-electron chi connectivity index (χ2n) is 3.17. The molecule has 5 heteroatoms. The van der Waals surface area contributed by atoms with Crippen molar-refractivity contribution in [3.63, 3.8) is 0 Å². The number of carboxylic acids is 1. The van der Waals surface area contributed by atoms with Crippen molar-refractivity contribution in [1.29, 1.82) is 0 Å². The molecule has 1 rings (SSSR count). The third-order valence-corrected chi connectivity index (χ3v) is 2.09. The van der Waals surface area contributed by atoms with Gasteiger partial charge in [-0.1, -0.05) is 19.1 Å². The molecule has 0 fully saturated rings. The molecule has 16 heavy (non-hydrogen) atoms. The van der Waals surface area contributed by atoms with E-state index in [1.54, 1.807) is 19.1 Å². The molecular formula is C11H11NO4. The maximum atomic E-state index is 10.6. The molecule has 0 aliphatic heterocycles. The molecule has 0 heterocycles. The predicted octanol–water partition coefficient (Wildman–Crippen LogP) is 2.41. The van der Waals surface area contributed by atoms with Crippen LogP contribution in [0.25, 0.3) is 6.08 Å². The Balaban J connectivity index is 2.98. The molecule has 0 unspecified atom stereocenters. The van der Waals surface area contributed by atoms with Crippen LogP contribution in [0.15, 0.2) is 30.0 Å². The zero-order chi connectivity index (χ0) is 12.1. The van der Waals surface area contributed by atoms with E-state index in [-0.39, 0.29) is 11.3 Å². The molecule has 5 nitrogen and oxygen atoms in total. The van der Waals surface area contributed by atoms with Gasteiger partial charge in [-0.2, -0.15) is 0 Å². The van der Waals surface area contributed by atoms with Gasteiger partial charge >= 0.3 is 5.97 Å². The molecule has 0 aliphatic rings. The third-order valence-electron chi connectivity index (χ3n) is 2.09. The molecule has 0 spiro atoms. The Labute approximate surface area is 92.2 Å². The summed E-state index contributed by atoms with van der Waals surface area (Å²) in [4.78, 5) is 20.7. The van der Waals surface area contributed by atoms with Crippen LogP contribution in [0.3, 0.4) is 0 Å². The van der Waals surface area contributed by atoms with Crippen LogP contribution in [0.2, 0.25) is 0 Å². The number of aromatic carboxylic acids is 1. The number of hydrogen-bond donors (Lipinski definition) is 1. The maximum Gasteiger partial charge on any atom is 0.335 e. The van der Waals surface area contributed by atoms with Gasteiger partial charge in [0.05, 0.1) is 10.5 Å². The van der Waals surface area contributed by atoms with E-state index in [0.717, 1.165) is 0 Å². The van der Waals surface area contributed by atoms with Crippen LogP contribution in [-0.4, -0.2) is 16.0 Å². The maximum absolute atomic E-state index is 10.6. The van der Waals surface area contributed by atoms with E-state index < -0.39 is 10.9 Å². The van der Waals surface area contributed by atoms with Crippen molar-refractivity contribution in [2.24, 2.45) is 0 Å². The Morgan fingerprint density at radius 3 is 2.38 bits per heavy atom. The molecule has 1 aromatic carbocycles. The minimum atomic E-state index is -1.01. The lowest BCUT2D eigenvalue weighted by Crippen LogP contribution is -1.97. The molecule has 0 radical (unpaired) electrons. The molecule has 0 saturated carbocycles. The highest BCUT2D eigenvalue weighted by atomic mass is 16.6. The lowest BCUT2D eigenvalue weighted by molar-refractivity contribution is -0.425. The first-order valence-corrected chi connectivity index (χ1v) is 4.73. The first kappa shape index (κ1) is 11.9. The standard InChI is InChI=1S/C11H11NO4/c1-2-10(12(15)16)7-8-3-5-9(6-4-8)11(13)14/h3-7H,2H2,1H3,(H,13,14). The van der Waals surface area contributed by atoms with Gasteiger partial charge in [0.25, 0.3) is 0 Å². The summed E-state index contributed by atoms with van der Waals surface area (Å²) in [6, 6.07) is 5.92. The Bertz CT molecular complexity index is 434. The number of allylic oxidation sites excluding steroid dienone is 1. The second-order valence-corrected chi connectivity index (χ2v) is 3.17. The van der Waals surface area contributed by atoms with Crippen molar-refractivity contribution < 1.29 is 14.8 Å². The molecular weight excluding hydrogens is 210 g/mol. The number of carbonyl (C=O) groups is 1. The highest BCUT2D eigenvalue weighted by Gasteiger charge is 2.07. The Kier molecular flexibility index (Phi) is 3.77. The number of hydrogen-bond acceptors (Lipinski definition) is 3.